The SMILES string of the molecule is Cc1cc(N2CCCOCC2c2cc(N)ccc2Cl)nc(N)n1. The van der Waals surface area contributed by atoms with Gasteiger partial charge in [0.05, 0.1) is 12.6 Å². The predicted octanol–water partition coefficient (Wildman–Crippen LogP) is 2.57. The Hall–Kier alpha value is -2.05. The van der Waals surface area contributed by atoms with Crippen LogP contribution in [0.1, 0.15) is 23.7 Å². The first-order valence-electron chi connectivity index (χ1n) is 7.55. The third-order valence-electron chi connectivity index (χ3n) is 3.87. The van der Waals surface area contributed by atoms with Crippen LogP contribution < -0.4 is 16.4 Å². The average Bonchev–Trinajstić information content (AvgIpc) is 2.74. The molecule has 23 heavy (non-hydrogen) atoms. The summed E-state index contributed by atoms with van der Waals surface area (Å²) >= 11 is 6.40. The van der Waals surface area contributed by atoms with E-state index in [0.717, 1.165) is 30.0 Å². The zero-order valence-corrected chi connectivity index (χ0v) is 13.8. The van der Waals surface area contributed by atoms with Gasteiger partial charge in [0.1, 0.15) is 5.82 Å². The molecule has 1 saturated heterocycles. The van der Waals surface area contributed by atoms with Gasteiger partial charge in [0.2, 0.25) is 5.95 Å². The number of rotatable bonds is 2. The van der Waals surface area contributed by atoms with E-state index in [2.05, 4.69) is 14.9 Å². The van der Waals surface area contributed by atoms with Gasteiger partial charge in [-0.2, -0.15) is 4.98 Å². The van der Waals surface area contributed by atoms with Crippen LogP contribution in [0.15, 0.2) is 24.3 Å². The second kappa shape index (κ2) is 6.60. The fraction of sp³-hybridized carbons (Fsp3) is 0.375. The van der Waals surface area contributed by atoms with Crippen molar-refractivity contribution in [2.75, 3.05) is 36.1 Å². The maximum atomic E-state index is 6.40. The zero-order chi connectivity index (χ0) is 16.4. The molecule has 0 spiro atoms. The van der Waals surface area contributed by atoms with Crippen molar-refractivity contribution in [2.45, 2.75) is 19.4 Å². The van der Waals surface area contributed by atoms with Crippen LogP contribution in [0.25, 0.3) is 0 Å². The Labute approximate surface area is 140 Å². The van der Waals surface area contributed by atoms with Crippen molar-refractivity contribution in [3.05, 3.63) is 40.5 Å². The third kappa shape index (κ3) is 3.48. The first kappa shape index (κ1) is 15.8. The Balaban J connectivity index is 2.05. The Morgan fingerprint density at radius 3 is 2.87 bits per heavy atom. The summed E-state index contributed by atoms with van der Waals surface area (Å²) < 4.78 is 5.75. The first-order chi connectivity index (χ1) is 11.0. The summed E-state index contributed by atoms with van der Waals surface area (Å²) in [5.74, 6) is 1.05. The highest BCUT2D eigenvalue weighted by Gasteiger charge is 2.27. The highest BCUT2D eigenvalue weighted by molar-refractivity contribution is 6.31. The molecule has 1 unspecified atom stereocenters. The van der Waals surface area contributed by atoms with E-state index in [9.17, 15) is 0 Å². The summed E-state index contributed by atoms with van der Waals surface area (Å²) in [6.45, 7) is 3.92. The van der Waals surface area contributed by atoms with Crippen LogP contribution in [0.2, 0.25) is 5.02 Å². The molecule has 1 atom stereocenters. The van der Waals surface area contributed by atoms with E-state index in [0.29, 0.717) is 23.9 Å². The number of aromatic nitrogens is 2. The monoisotopic (exact) mass is 333 g/mol. The number of anilines is 3. The topological polar surface area (TPSA) is 90.3 Å². The second-order valence-electron chi connectivity index (χ2n) is 5.64. The van der Waals surface area contributed by atoms with Crippen molar-refractivity contribution in [1.29, 1.82) is 0 Å². The molecule has 0 saturated carbocycles. The van der Waals surface area contributed by atoms with Gasteiger partial charge >= 0.3 is 0 Å². The van der Waals surface area contributed by atoms with Crippen LogP contribution >= 0.6 is 11.6 Å². The highest BCUT2D eigenvalue weighted by Crippen LogP contribution is 2.34. The molecule has 2 aromatic rings. The predicted molar refractivity (Wildman–Crippen MR) is 92.6 cm³/mol. The van der Waals surface area contributed by atoms with E-state index < -0.39 is 0 Å². The number of nitrogens with zero attached hydrogens (tertiary/aromatic N) is 3. The lowest BCUT2D eigenvalue weighted by atomic mass is 10.0. The van der Waals surface area contributed by atoms with Gasteiger partial charge in [-0.1, -0.05) is 11.6 Å². The molecule has 1 aliphatic rings. The summed E-state index contributed by atoms with van der Waals surface area (Å²) in [6.07, 6.45) is 0.902. The van der Waals surface area contributed by atoms with Gasteiger partial charge in [-0.15, -0.1) is 0 Å². The number of halogens is 1. The van der Waals surface area contributed by atoms with Crippen LogP contribution in [0.4, 0.5) is 17.5 Å². The Morgan fingerprint density at radius 2 is 2.09 bits per heavy atom. The van der Waals surface area contributed by atoms with Crippen molar-refractivity contribution in [1.82, 2.24) is 9.97 Å². The van der Waals surface area contributed by atoms with E-state index in [1.807, 2.05) is 25.1 Å². The molecule has 1 aromatic heterocycles. The smallest absolute Gasteiger partial charge is 0.222 e. The van der Waals surface area contributed by atoms with E-state index in [1.165, 1.54) is 0 Å². The minimum atomic E-state index is -0.0674. The fourth-order valence-electron chi connectivity index (χ4n) is 2.85. The molecule has 1 fully saturated rings. The van der Waals surface area contributed by atoms with E-state index in [-0.39, 0.29) is 12.0 Å². The minimum Gasteiger partial charge on any atom is -0.399 e. The van der Waals surface area contributed by atoms with Gasteiger partial charge in [-0.05, 0) is 37.1 Å². The Kier molecular flexibility index (Phi) is 4.54. The number of nitrogens with two attached hydrogens (primary N) is 2. The van der Waals surface area contributed by atoms with Crippen molar-refractivity contribution in [3.8, 4) is 0 Å². The first-order valence-corrected chi connectivity index (χ1v) is 7.93. The van der Waals surface area contributed by atoms with Gasteiger partial charge in [-0.25, -0.2) is 4.98 Å². The van der Waals surface area contributed by atoms with Gasteiger partial charge in [-0.3, -0.25) is 0 Å². The van der Waals surface area contributed by atoms with E-state index in [4.69, 9.17) is 27.8 Å². The van der Waals surface area contributed by atoms with Crippen LogP contribution in [0, 0.1) is 6.92 Å². The molecule has 0 bridgehead atoms. The quantitative estimate of drug-likeness (QED) is 0.821. The maximum Gasteiger partial charge on any atom is 0.222 e. The van der Waals surface area contributed by atoms with E-state index >= 15 is 0 Å². The molecule has 3 rings (SSSR count). The van der Waals surface area contributed by atoms with Crippen LogP contribution in [0.3, 0.4) is 0 Å². The van der Waals surface area contributed by atoms with Crippen molar-refractivity contribution >= 4 is 29.1 Å². The van der Waals surface area contributed by atoms with Crippen LogP contribution in [0.5, 0.6) is 0 Å². The van der Waals surface area contributed by atoms with Gasteiger partial charge < -0.3 is 21.1 Å². The molecule has 6 nitrogen and oxygen atoms in total. The molecule has 7 heteroatoms. The molecule has 4 N–H and O–H groups in total. The summed E-state index contributed by atoms with van der Waals surface area (Å²) in [6, 6.07) is 7.36. The molecule has 122 valence electrons. The lowest BCUT2D eigenvalue weighted by Crippen LogP contribution is -2.32. The number of nitrogen functional groups attached to an aromatic ring is 2. The zero-order valence-electron chi connectivity index (χ0n) is 13.0. The lowest BCUT2D eigenvalue weighted by molar-refractivity contribution is 0.134. The molecule has 1 aromatic carbocycles. The minimum absolute atomic E-state index is 0.0674. The number of benzene rings is 1. The average molecular weight is 334 g/mol. The van der Waals surface area contributed by atoms with Crippen LogP contribution in [-0.2, 0) is 4.74 Å². The molecule has 0 radical (unpaired) electrons. The van der Waals surface area contributed by atoms with Crippen molar-refractivity contribution < 1.29 is 4.74 Å². The molecule has 0 amide bonds. The third-order valence-corrected chi connectivity index (χ3v) is 4.22. The Morgan fingerprint density at radius 1 is 1.26 bits per heavy atom. The van der Waals surface area contributed by atoms with Crippen LogP contribution in [-0.4, -0.2) is 29.7 Å². The summed E-state index contributed by atoms with van der Waals surface area (Å²) in [4.78, 5) is 10.7. The summed E-state index contributed by atoms with van der Waals surface area (Å²) in [5.41, 5.74) is 14.2. The van der Waals surface area contributed by atoms with Crippen molar-refractivity contribution in [3.63, 3.8) is 0 Å². The standard InChI is InChI=1S/C16H20ClN5O/c1-10-7-15(21-16(19)20-10)22-5-2-6-23-9-14(22)12-8-11(18)3-4-13(12)17/h3-4,7-8,14H,2,5-6,9,18H2,1H3,(H2,19,20,21). The lowest BCUT2D eigenvalue weighted by Gasteiger charge is -2.31. The van der Waals surface area contributed by atoms with Gasteiger partial charge in [0, 0.05) is 35.6 Å². The summed E-state index contributed by atoms with van der Waals surface area (Å²) in [7, 11) is 0. The second-order valence-corrected chi connectivity index (χ2v) is 6.05. The van der Waals surface area contributed by atoms with Crippen molar-refractivity contribution in [2.24, 2.45) is 0 Å². The molecular formula is C16H20ClN5O. The maximum absolute atomic E-state index is 6.40. The molecule has 2 heterocycles. The number of aryl methyl sites for hydroxylation is 1. The largest absolute Gasteiger partial charge is 0.399 e. The van der Waals surface area contributed by atoms with Gasteiger partial charge in [0.25, 0.3) is 0 Å². The Bertz CT molecular complexity index is 689. The number of ether oxygens (including phenoxy) is 1. The molecule has 0 aliphatic carbocycles. The molecular weight excluding hydrogens is 314 g/mol. The van der Waals surface area contributed by atoms with E-state index in [1.54, 1.807) is 6.07 Å². The number of hydrogen-bond acceptors (Lipinski definition) is 6. The summed E-state index contributed by atoms with van der Waals surface area (Å²) in [5, 5.41) is 0.665. The number of hydrogen-bond donors (Lipinski definition) is 2. The molecule has 1 aliphatic heterocycles. The fourth-order valence-corrected chi connectivity index (χ4v) is 3.09. The normalized spacial score (nSPS) is 18.7. The van der Waals surface area contributed by atoms with Gasteiger partial charge in [0.15, 0.2) is 0 Å². The highest BCUT2D eigenvalue weighted by atomic mass is 35.5.